The molecule has 2 aliphatic heterocycles. The van der Waals surface area contributed by atoms with Crippen LogP contribution in [0.15, 0.2) is 88.7 Å². The minimum atomic E-state index is 0.0818. The van der Waals surface area contributed by atoms with Crippen LogP contribution >= 0.6 is 11.8 Å². The highest BCUT2D eigenvalue weighted by Crippen LogP contribution is 2.43. The zero-order valence-electron chi connectivity index (χ0n) is 15.9. The second-order valence-electron chi connectivity index (χ2n) is 7.44. The number of hydrogen-bond donors (Lipinski definition) is 2. The molecule has 3 aromatic carbocycles. The van der Waals surface area contributed by atoms with Crippen LogP contribution in [-0.2, 0) is 0 Å². The summed E-state index contributed by atoms with van der Waals surface area (Å²) in [6.45, 7) is 6.54. The van der Waals surface area contributed by atoms with Crippen LogP contribution in [0.5, 0.6) is 0 Å². The summed E-state index contributed by atoms with van der Waals surface area (Å²) in [5.41, 5.74) is 6.42. The molecule has 0 unspecified atom stereocenters. The Kier molecular flexibility index (Phi) is 4.71. The minimum absolute atomic E-state index is 0.0818. The maximum absolute atomic E-state index is 3.49. The van der Waals surface area contributed by atoms with Crippen molar-refractivity contribution >= 4 is 34.4 Å². The first-order valence-corrected chi connectivity index (χ1v) is 10.0. The van der Waals surface area contributed by atoms with E-state index in [-0.39, 0.29) is 5.54 Å². The lowest BCUT2D eigenvalue weighted by molar-refractivity contribution is 0.707. The molecule has 3 heteroatoms. The zero-order chi connectivity index (χ0) is 18.9. The molecular weight excluding hydrogens is 348 g/mol. The summed E-state index contributed by atoms with van der Waals surface area (Å²) in [6.07, 6.45) is 2.27. The Bertz CT molecular complexity index is 917. The Balaban J connectivity index is 0.000000134. The molecule has 0 bridgehead atoms. The van der Waals surface area contributed by atoms with E-state index in [0.29, 0.717) is 0 Å². The van der Waals surface area contributed by atoms with E-state index in [1.165, 1.54) is 38.0 Å². The molecule has 0 aromatic heterocycles. The standard InChI is InChI=1S/C12H9NS.C12H15N/c1-3-7-11-9(5-1)13-10-6-2-4-8-12(10)14-11;1-9-8-12(2,3)13-11-7-5-4-6-10(9)11/h1-8,13H;4-8,13H,1-3H3. The molecule has 0 amide bonds. The van der Waals surface area contributed by atoms with Crippen LogP contribution in [0.3, 0.4) is 0 Å². The van der Waals surface area contributed by atoms with Gasteiger partial charge < -0.3 is 10.6 Å². The number of fused-ring (bicyclic) bond motifs is 3. The van der Waals surface area contributed by atoms with Gasteiger partial charge in [0.15, 0.2) is 0 Å². The molecule has 0 saturated carbocycles. The quantitative estimate of drug-likeness (QED) is 0.341. The molecule has 27 heavy (non-hydrogen) atoms. The first-order valence-electron chi connectivity index (χ1n) is 9.22. The minimum Gasteiger partial charge on any atom is -0.376 e. The Morgan fingerprint density at radius 1 is 0.704 bits per heavy atom. The molecule has 0 spiro atoms. The summed E-state index contributed by atoms with van der Waals surface area (Å²) in [5.74, 6) is 0. The van der Waals surface area contributed by atoms with Crippen molar-refractivity contribution in [1.82, 2.24) is 0 Å². The molecule has 136 valence electrons. The van der Waals surface area contributed by atoms with Crippen molar-refractivity contribution in [3.8, 4) is 0 Å². The lowest BCUT2D eigenvalue weighted by atomic mass is 9.91. The van der Waals surface area contributed by atoms with Gasteiger partial charge in [-0.3, -0.25) is 0 Å². The fourth-order valence-corrected chi connectivity index (χ4v) is 4.51. The molecule has 2 heterocycles. The summed E-state index contributed by atoms with van der Waals surface area (Å²) in [6, 6.07) is 25.2. The SMILES string of the molecule is CC1=CC(C)(C)Nc2ccccc21.c1ccc2c(c1)Nc1ccccc1S2. The average molecular weight is 373 g/mol. The summed E-state index contributed by atoms with van der Waals surface area (Å²) < 4.78 is 0. The molecular formula is C24H24N2S. The lowest BCUT2D eigenvalue weighted by Crippen LogP contribution is -2.31. The van der Waals surface area contributed by atoms with Gasteiger partial charge in [-0.25, -0.2) is 0 Å². The van der Waals surface area contributed by atoms with E-state index in [2.05, 4.69) is 110 Å². The molecule has 3 aromatic rings. The average Bonchev–Trinajstić information content (AvgIpc) is 2.66. The molecule has 2 nitrogen and oxygen atoms in total. The van der Waals surface area contributed by atoms with Crippen LogP contribution in [0.1, 0.15) is 26.3 Å². The molecule has 0 aliphatic carbocycles. The molecule has 0 radical (unpaired) electrons. The second kappa shape index (κ2) is 7.16. The topological polar surface area (TPSA) is 24.1 Å². The van der Waals surface area contributed by atoms with Gasteiger partial charge in [-0.1, -0.05) is 60.3 Å². The first kappa shape index (κ1) is 17.7. The third-order valence-electron chi connectivity index (χ3n) is 4.65. The largest absolute Gasteiger partial charge is 0.376 e. The van der Waals surface area contributed by atoms with Crippen molar-refractivity contribution in [2.75, 3.05) is 10.6 Å². The fraction of sp³-hybridized carbons (Fsp3) is 0.167. The third-order valence-corrected chi connectivity index (χ3v) is 5.80. The normalized spacial score (nSPS) is 15.4. The summed E-state index contributed by atoms with van der Waals surface area (Å²) >= 11 is 1.82. The van der Waals surface area contributed by atoms with Crippen molar-refractivity contribution in [1.29, 1.82) is 0 Å². The van der Waals surface area contributed by atoms with E-state index in [0.717, 1.165) is 0 Å². The zero-order valence-corrected chi connectivity index (χ0v) is 16.7. The summed E-state index contributed by atoms with van der Waals surface area (Å²) in [7, 11) is 0. The van der Waals surface area contributed by atoms with Crippen molar-refractivity contribution < 1.29 is 0 Å². The molecule has 5 rings (SSSR count). The lowest BCUT2D eigenvalue weighted by Gasteiger charge is -2.31. The third kappa shape index (κ3) is 3.88. The predicted molar refractivity (Wildman–Crippen MR) is 118 cm³/mol. The Labute approximate surface area is 165 Å². The number of allylic oxidation sites excluding steroid dienone is 1. The van der Waals surface area contributed by atoms with Crippen LogP contribution in [-0.4, -0.2) is 5.54 Å². The number of hydrogen-bond acceptors (Lipinski definition) is 3. The smallest absolute Gasteiger partial charge is 0.0526 e. The van der Waals surface area contributed by atoms with Crippen LogP contribution in [0.4, 0.5) is 17.1 Å². The van der Waals surface area contributed by atoms with Crippen molar-refractivity contribution in [3.05, 3.63) is 84.4 Å². The van der Waals surface area contributed by atoms with Gasteiger partial charge in [0.05, 0.1) is 16.9 Å². The van der Waals surface area contributed by atoms with Gasteiger partial charge in [-0.2, -0.15) is 0 Å². The Hall–Kier alpha value is -2.65. The van der Waals surface area contributed by atoms with Crippen LogP contribution in [0, 0.1) is 0 Å². The van der Waals surface area contributed by atoms with Gasteiger partial charge in [0.1, 0.15) is 0 Å². The highest BCUT2D eigenvalue weighted by molar-refractivity contribution is 7.99. The summed E-state index contributed by atoms with van der Waals surface area (Å²) in [5, 5.41) is 6.91. The van der Waals surface area contributed by atoms with Crippen molar-refractivity contribution in [3.63, 3.8) is 0 Å². The highest BCUT2D eigenvalue weighted by Gasteiger charge is 2.21. The maximum atomic E-state index is 3.49. The van der Waals surface area contributed by atoms with Gasteiger partial charge in [0, 0.05) is 21.0 Å². The van der Waals surface area contributed by atoms with E-state index in [1.807, 2.05) is 11.8 Å². The van der Waals surface area contributed by atoms with Crippen LogP contribution in [0.25, 0.3) is 5.57 Å². The first-order chi connectivity index (χ1) is 13.0. The number of nitrogens with one attached hydrogen (secondary N) is 2. The highest BCUT2D eigenvalue weighted by atomic mass is 32.2. The number of rotatable bonds is 0. The van der Waals surface area contributed by atoms with E-state index in [9.17, 15) is 0 Å². The number of anilines is 3. The van der Waals surface area contributed by atoms with Gasteiger partial charge in [0.2, 0.25) is 0 Å². The molecule has 2 aliphatic rings. The van der Waals surface area contributed by atoms with Gasteiger partial charge in [-0.15, -0.1) is 0 Å². The van der Waals surface area contributed by atoms with E-state index < -0.39 is 0 Å². The van der Waals surface area contributed by atoms with E-state index in [1.54, 1.807) is 0 Å². The monoisotopic (exact) mass is 372 g/mol. The van der Waals surface area contributed by atoms with E-state index in [4.69, 9.17) is 0 Å². The molecule has 0 fully saturated rings. The van der Waals surface area contributed by atoms with Gasteiger partial charge in [-0.05, 0) is 56.7 Å². The summed E-state index contributed by atoms with van der Waals surface area (Å²) in [4.78, 5) is 2.59. The maximum Gasteiger partial charge on any atom is 0.0526 e. The van der Waals surface area contributed by atoms with Crippen LogP contribution < -0.4 is 10.6 Å². The predicted octanol–water partition coefficient (Wildman–Crippen LogP) is 7.19. The number of benzene rings is 3. The van der Waals surface area contributed by atoms with E-state index >= 15 is 0 Å². The Morgan fingerprint density at radius 3 is 1.85 bits per heavy atom. The molecule has 0 atom stereocenters. The second-order valence-corrected chi connectivity index (χ2v) is 8.52. The van der Waals surface area contributed by atoms with Crippen molar-refractivity contribution in [2.24, 2.45) is 0 Å². The van der Waals surface area contributed by atoms with Gasteiger partial charge in [0.25, 0.3) is 0 Å². The van der Waals surface area contributed by atoms with Gasteiger partial charge >= 0.3 is 0 Å². The number of para-hydroxylation sites is 3. The fourth-order valence-electron chi connectivity index (χ4n) is 3.52. The Morgan fingerprint density at radius 2 is 1.22 bits per heavy atom. The van der Waals surface area contributed by atoms with Crippen molar-refractivity contribution in [2.45, 2.75) is 36.1 Å². The molecule has 2 N–H and O–H groups in total. The molecule has 0 saturated heterocycles. The van der Waals surface area contributed by atoms with Crippen LogP contribution in [0.2, 0.25) is 0 Å².